The van der Waals surface area contributed by atoms with Crippen molar-refractivity contribution in [3.05, 3.63) is 175 Å². The zero-order chi connectivity index (χ0) is 36.4. The van der Waals surface area contributed by atoms with E-state index in [1.807, 2.05) is 0 Å². The van der Waals surface area contributed by atoms with Gasteiger partial charge in [-0.05, 0) is 80.0 Å². The van der Waals surface area contributed by atoms with E-state index in [1.165, 1.54) is 69.1 Å². The van der Waals surface area contributed by atoms with Crippen LogP contribution in [0.1, 0.15) is 5.56 Å². The van der Waals surface area contributed by atoms with Crippen molar-refractivity contribution in [1.29, 1.82) is 0 Å². The highest BCUT2D eigenvalue weighted by Crippen LogP contribution is 2.45. The van der Waals surface area contributed by atoms with Crippen molar-refractivity contribution in [3.63, 3.8) is 0 Å². The molecule has 0 aliphatic carbocycles. The average molecular weight is 745 g/mol. The molecule has 258 valence electrons. The Balaban J connectivity index is 1.21. The number of hydrogen-bond acceptors (Lipinski definition) is 4. The number of hydrogen-bond donors (Lipinski definition) is 0. The minimum Gasteiger partial charge on any atom is -0.236 e. The van der Waals surface area contributed by atoms with Gasteiger partial charge in [0.05, 0.1) is 20.4 Å². The summed E-state index contributed by atoms with van der Waals surface area (Å²) in [4.78, 5) is 9.92. The molecule has 0 radical (unpaired) electrons. The lowest BCUT2D eigenvalue weighted by Gasteiger charge is -2.28. The Morgan fingerprint density at radius 3 is 1.56 bits per heavy atom. The molecule has 0 saturated carbocycles. The van der Waals surface area contributed by atoms with Crippen molar-refractivity contribution in [1.82, 2.24) is 9.97 Å². The van der Waals surface area contributed by atoms with Gasteiger partial charge in [0.25, 0.3) is 0 Å². The zero-order valence-corrected chi connectivity index (χ0v) is 32.8. The molecule has 54 heavy (non-hydrogen) atoms. The second-order valence-electron chi connectivity index (χ2n) is 14.6. The first-order chi connectivity index (χ1) is 26.4. The summed E-state index contributed by atoms with van der Waals surface area (Å²) in [5.41, 5.74) is 10.7. The van der Waals surface area contributed by atoms with Crippen LogP contribution < -0.4 is 5.19 Å². The number of aromatic nitrogens is 2. The standard InChI is InChI=1S/C49H36N2S2Si/c1-31-13-5-4-6-14-36-29-39-40(30-45(36)54(31,2)3)47(33-23-27-35(28-24-33)49-51-42-18-10-12-20-44(42)53-49)38-16-8-7-15-37(38)46(39)32-21-25-34(26-22-32)48-50-41-17-9-11-19-43(41)52-48/h4-13,15-30H,1,14H2,2-3H3/b6-4-,13-5-. The summed E-state index contributed by atoms with van der Waals surface area (Å²) in [7, 11) is -2.10. The third-order valence-corrected chi connectivity index (χ3v) is 16.8. The van der Waals surface area contributed by atoms with Gasteiger partial charge in [-0.25, -0.2) is 9.97 Å². The maximum absolute atomic E-state index is 4.96. The van der Waals surface area contributed by atoms with Crippen molar-refractivity contribution in [2.75, 3.05) is 0 Å². The van der Waals surface area contributed by atoms with Crippen LogP contribution in [0.25, 0.3) is 85.4 Å². The third-order valence-electron chi connectivity index (χ3n) is 11.0. The molecule has 0 saturated heterocycles. The molecule has 0 atom stereocenters. The fraction of sp³-hybridized carbons (Fsp3) is 0.0612. The summed E-state index contributed by atoms with van der Waals surface area (Å²) in [5.74, 6) is 0. The largest absolute Gasteiger partial charge is 0.236 e. The van der Waals surface area contributed by atoms with Crippen LogP contribution in [0.3, 0.4) is 0 Å². The second-order valence-corrected chi connectivity index (χ2v) is 21.1. The Bertz CT molecular complexity index is 2930. The van der Waals surface area contributed by atoms with E-state index >= 15 is 0 Å². The summed E-state index contributed by atoms with van der Waals surface area (Å²) in [6, 6.07) is 48.9. The van der Waals surface area contributed by atoms with E-state index in [1.54, 1.807) is 22.7 Å². The topological polar surface area (TPSA) is 25.8 Å². The fourth-order valence-electron chi connectivity index (χ4n) is 8.02. The molecule has 7 aromatic carbocycles. The van der Waals surface area contributed by atoms with Gasteiger partial charge in [-0.15, -0.1) is 22.7 Å². The maximum Gasteiger partial charge on any atom is 0.124 e. The Morgan fingerprint density at radius 1 is 0.537 bits per heavy atom. The average Bonchev–Trinajstić information content (AvgIpc) is 3.85. The van der Waals surface area contributed by atoms with Crippen LogP contribution in [0.2, 0.25) is 13.1 Å². The number of nitrogens with zero attached hydrogens (tertiary/aromatic N) is 2. The van der Waals surface area contributed by atoms with E-state index in [0.717, 1.165) is 38.6 Å². The monoisotopic (exact) mass is 744 g/mol. The normalized spacial score (nSPS) is 15.3. The van der Waals surface area contributed by atoms with E-state index < -0.39 is 8.07 Å². The van der Waals surface area contributed by atoms with Crippen LogP contribution in [-0.4, -0.2) is 18.0 Å². The summed E-state index contributed by atoms with van der Waals surface area (Å²) < 4.78 is 2.42. The van der Waals surface area contributed by atoms with Crippen LogP contribution in [-0.2, 0) is 6.42 Å². The van der Waals surface area contributed by atoms with E-state index in [-0.39, 0.29) is 0 Å². The molecule has 10 rings (SSSR count). The first-order valence-electron chi connectivity index (χ1n) is 18.4. The molecule has 0 unspecified atom stereocenters. The van der Waals surface area contributed by atoms with E-state index in [4.69, 9.17) is 9.97 Å². The molecule has 2 aromatic heterocycles. The van der Waals surface area contributed by atoms with Crippen LogP contribution in [0.5, 0.6) is 0 Å². The highest BCUT2D eigenvalue weighted by Gasteiger charge is 2.30. The maximum atomic E-state index is 4.96. The van der Waals surface area contributed by atoms with Crippen molar-refractivity contribution in [2.45, 2.75) is 19.5 Å². The lowest BCUT2D eigenvalue weighted by atomic mass is 9.85. The van der Waals surface area contributed by atoms with E-state index in [9.17, 15) is 0 Å². The number of benzene rings is 7. The predicted octanol–water partition coefficient (Wildman–Crippen LogP) is 13.6. The SMILES string of the molecule is C=C1/C=C\C=C/Cc2cc3c(-c4ccc(-c5nc6ccccc6s5)cc4)c4ccccc4c(-c4ccc(-c5nc6ccccc6s5)cc4)c3cc2[Si]1(C)C. The molecule has 0 spiro atoms. The molecule has 5 heteroatoms. The van der Waals surface area contributed by atoms with Crippen LogP contribution in [0, 0.1) is 0 Å². The molecule has 2 nitrogen and oxygen atoms in total. The summed E-state index contributed by atoms with van der Waals surface area (Å²) in [6.45, 7) is 9.52. The Hall–Kier alpha value is -5.72. The first kappa shape index (κ1) is 32.9. The van der Waals surface area contributed by atoms with E-state index in [2.05, 4.69) is 177 Å². The summed E-state index contributed by atoms with van der Waals surface area (Å²) in [6.07, 6.45) is 9.74. The highest BCUT2D eigenvalue weighted by molar-refractivity contribution is 7.22. The molecule has 0 N–H and O–H groups in total. The minimum absolute atomic E-state index is 0.883. The minimum atomic E-state index is -2.10. The van der Waals surface area contributed by atoms with Gasteiger partial charge in [0.2, 0.25) is 0 Å². The highest BCUT2D eigenvalue weighted by atomic mass is 32.1. The Morgan fingerprint density at radius 2 is 1.02 bits per heavy atom. The predicted molar refractivity (Wildman–Crippen MR) is 238 cm³/mol. The molecule has 1 aliphatic heterocycles. The molecular formula is C49H36N2S2Si. The second kappa shape index (κ2) is 13.0. The Kier molecular flexibility index (Phi) is 7.91. The lowest BCUT2D eigenvalue weighted by Crippen LogP contribution is -2.45. The molecule has 0 fully saturated rings. The summed E-state index contributed by atoms with van der Waals surface area (Å²) >= 11 is 3.50. The van der Waals surface area contributed by atoms with Crippen LogP contribution in [0.15, 0.2) is 170 Å². The number of fused-ring (bicyclic) bond motifs is 5. The van der Waals surface area contributed by atoms with Gasteiger partial charge in [-0.2, -0.15) is 0 Å². The van der Waals surface area contributed by atoms with Gasteiger partial charge in [-0.3, -0.25) is 0 Å². The number of para-hydroxylation sites is 2. The van der Waals surface area contributed by atoms with Crippen molar-refractivity contribution in [3.8, 4) is 43.4 Å². The van der Waals surface area contributed by atoms with Crippen molar-refractivity contribution in [2.24, 2.45) is 0 Å². The van der Waals surface area contributed by atoms with Crippen LogP contribution in [0.4, 0.5) is 0 Å². The fourth-order valence-corrected chi connectivity index (χ4v) is 12.3. The smallest absolute Gasteiger partial charge is 0.124 e. The quantitative estimate of drug-likeness (QED) is 0.132. The van der Waals surface area contributed by atoms with Gasteiger partial charge in [0, 0.05) is 11.1 Å². The Labute approximate surface area is 324 Å². The number of thiazole rings is 2. The molecule has 9 aromatic rings. The number of rotatable bonds is 4. The third kappa shape index (κ3) is 5.50. The van der Waals surface area contributed by atoms with Gasteiger partial charge in [0.1, 0.15) is 18.1 Å². The zero-order valence-electron chi connectivity index (χ0n) is 30.1. The summed E-state index contributed by atoms with van der Waals surface area (Å²) in [5, 5.41) is 9.86. The molecular weight excluding hydrogens is 709 g/mol. The van der Waals surface area contributed by atoms with Crippen molar-refractivity contribution < 1.29 is 0 Å². The molecule has 3 heterocycles. The van der Waals surface area contributed by atoms with Crippen LogP contribution >= 0.6 is 22.7 Å². The van der Waals surface area contributed by atoms with Crippen molar-refractivity contribution >= 4 is 77.9 Å². The van der Waals surface area contributed by atoms with Gasteiger partial charge in [0.15, 0.2) is 0 Å². The molecule has 0 bridgehead atoms. The van der Waals surface area contributed by atoms with Gasteiger partial charge >= 0.3 is 0 Å². The van der Waals surface area contributed by atoms with Gasteiger partial charge in [-0.1, -0.05) is 164 Å². The molecule has 1 aliphatic rings. The van der Waals surface area contributed by atoms with Gasteiger partial charge < -0.3 is 0 Å². The number of allylic oxidation sites excluding steroid dienone is 5. The molecule has 0 amide bonds. The first-order valence-corrected chi connectivity index (χ1v) is 23.0. The van der Waals surface area contributed by atoms with E-state index in [0.29, 0.717) is 0 Å². The lowest BCUT2D eigenvalue weighted by molar-refractivity contribution is 1.30.